The van der Waals surface area contributed by atoms with Gasteiger partial charge in [0.25, 0.3) is 0 Å². The molecule has 0 saturated heterocycles. The molecule has 0 unspecified atom stereocenters. The molecule has 0 bridgehead atoms. The Morgan fingerprint density at radius 1 is 0.471 bits per heavy atom. The lowest BCUT2D eigenvalue weighted by Gasteiger charge is -2.19. The van der Waals surface area contributed by atoms with Crippen LogP contribution in [0.2, 0.25) is 0 Å². The first kappa shape index (κ1) is 30.5. The highest BCUT2D eigenvalue weighted by atomic mass is 14.6. The van der Waals surface area contributed by atoms with Crippen LogP contribution in [-0.2, 0) is 0 Å². The Morgan fingerprint density at radius 2 is 1.02 bits per heavy atom. The van der Waals surface area contributed by atoms with Gasteiger partial charge in [-0.05, 0) is 125 Å². The van der Waals surface area contributed by atoms with Crippen LogP contribution in [0.5, 0.6) is 0 Å². The van der Waals surface area contributed by atoms with Crippen LogP contribution < -0.4 is 0 Å². The van der Waals surface area contributed by atoms with Crippen LogP contribution in [0.4, 0.5) is 0 Å². The monoisotopic (exact) mass is 649 g/mol. The summed E-state index contributed by atoms with van der Waals surface area (Å²) in [7, 11) is 0. The number of fused-ring (bicyclic) bond motifs is 5. The van der Waals surface area contributed by atoms with Gasteiger partial charge in [0.15, 0.2) is 0 Å². The van der Waals surface area contributed by atoms with Gasteiger partial charge in [0.05, 0.1) is 5.52 Å². The number of hydrogen-bond acceptors (Lipinski definition) is 1. The number of aromatic nitrogens is 1. The molecule has 0 fully saturated rings. The molecular weight excluding hydrogens is 615 g/mol. The number of pyridine rings is 1. The van der Waals surface area contributed by atoms with Crippen LogP contribution in [0.3, 0.4) is 0 Å². The van der Waals surface area contributed by atoms with E-state index in [9.17, 15) is 0 Å². The third-order valence-corrected chi connectivity index (χ3v) is 10.2. The van der Waals surface area contributed by atoms with Gasteiger partial charge in [-0.3, -0.25) is 4.98 Å². The summed E-state index contributed by atoms with van der Waals surface area (Å²) >= 11 is 0. The van der Waals surface area contributed by atoms with Crippen LogP contribution in [0.15, 0.2) is 189 Å². The van der Waals surface area contributed by atoms with E-state index in [-0.39, 0.29) is 0 Å². The van der Waals surface area contributed by atoms with E-state index in [2.05, 4.69) is 171 Å². The standard InChI is InChI=1S/C50H35N/c1-3-34(21-20-33(2)43-30-40-16-8-11-19-48(40)51-32-43)39-26-27-46-47(31-39)50(42-25-23-36-13-5-7-15-38(36)29-42)45-18-10-9-17-44(45)49(46)41-24-22-35-12-4-6-14-37(35)28-41/h3-32H,1H2,2H3/b33-20+,34-21+. The molecule has 51 heavy (non-hydrogen) atoms. The summed E-state index contributed by atoms with van der Waals surface area (Å²) in [5.74, 6) is 0. The van der Waals surface area contributed by atoms with Crippen LogP contribution in [0.1, 0.15) is 18.1 Å². The zero-order chi connectivity index (χ0) is 34.3. The molecule has 1 aromatic heterocycles. The lowest BCUT2D eigenvalue weighted by molar-refractivity contribution is 1.38. The van der Waals surface area contributed by atoms with Gasteiger partial charge in [0, 0.05) is 11.6 Å². The molecule has 0 saturated carbocycles. The van der Waals surface area contributed by atoms with Gasteiger partial charge >= 0.3 is 0 Å². The Labute approximate surface area is 298 Å². The normalized spacial score (nSPS) is 12.3. The van der Waals surface area contributed by atoms with Crippen molar-refractivity contribution in [2.45, 2.75) is 6.92 Å². The minimum absolute atomic E-state index is 1.00. The maximum absolute atomic E-state index is 4.69. The first-order valence-corrected chi connectivity index (χ1v) is 17.5. The third kappa shape index (κ3) is 5.50. The molecule has 1 heteroatoms. The predicted molar refractivity (Wildman–Crippen MR) is 221 cm³/mol. The smallest absolute Gasteiger partial charge is 0.0702 e. The Hall–Kier alpha value is -6.57. The van der Waals surface area contributed by atoms with Gasteiger partial charge in [-0.15, -0.1) is 0 Å². The second kappa shape index (κ2) is 12.7. The summed E-state index contributed by atoms with van der Waals surface area (Å²) in [5, 5.41) is 11.0. The summed E-state index contributed by atoms with van der Waals surface area (Å²) in [6.45, 7) is 6.40. The van der Waals surface area contributed by atoms with Crippen LogP contribution >= 0.6 is 0 Å². The number of benzene rings is 8. The lowest BCUT2D eigenvalue weighted by atomic mass is 9.84. The second-order valence-corrected chi connectivity index (χ2v) is 13.3. The zero-order valence-electron chi connectivity index (χ0n) is 28.5. The molecular formula is C50H35N. The van der Waals surface area contributed by atoms with Crippen molar-refractivity contribution in [1.82, 2.24) is 4.98 Å². The van der Waals surface area contributed by atoms with Gasteiger partial charge < -0.3 is 0 Å². The molecule has 0 radical (unpaired) electrons. The Kier molecular flexibility index (Phi) is 7.60. The van der Waals surface area contributed by atoms with Gasteiger partial charge in [-0.2, -0.15) is 0 Å². The third-order valence-electron chi connectivity index (χ3n) is 10.2. The van der Waals surface area contributed by atoms with Crippen molar-refractivity contribution < 1.29 is 0 Å². The number of para-hydroxylation sites is 1. The summed E-state index contributed by atoms with van der Waals surface area (Å²) in [5.41, 5.74) is 10.4. The Bertz CT molecular complexity index is 2890. The highest BCUT2D eigenvalue weighted by molar-refractivity contribution is 6.22. The highest BCUT2D eigenvalue weighted by Crippen LogP contribution is 2.45. The summed E-state index contributed by atoms with van der Waals surface area (Å²) in [4.78, 5) is 4.69. The quantitative estimate of drug-likeness (QED) is 0.129. The van der Waals surface area contributed by atoms with Gasteiger partial charge in [0.2, 0.25) is 0 Å². The minimum Gasteiger partial charge on any atom is -0.256 e. The fourth-order valence-electron chi connectivity index (χ4n) is 7.55. The van der Waals surface area contributed by atoms with E-state index in [0.717, 1.165) is 33.2 Å². The van der Waals surface area contributed by atoms with Crippen LogP contribution in [0, 0.1) is 0 Å². The summed E-state index contributed by atoms with van der Waals surface area (Å²) < 4.78 is 0. The summed E-state index contributed by atoms with van der Waals surface area (Å²) in [6.07, 6.45) is 8.28. The zero-order valence-corrected chi connectivity index (χ0v) is 28.5. The molecule has 0 aliphatic heterocycles. The van der Waals surface area contributed by atoms with Crippen molar-refractivity contribution in [1.29, 1.82) is 0 Å². The molecule has 9 aromatic rings. The van der Waals surface area contributed by atoms with Crippen molar-refractivity contribution in [3.63, 3.8) is 0 Å². The fourth-order valence-corrected chi connectivity index (χ4v) is 7.55. The van der Waals surface area contributed by atoms with E-state index in [0.29, 0.717) is 0 Å². The van der Waals surface area contributed by atoms with E-state index in [4.69, 9.17) is 4.98 Å². The van der Waals surface area contributed by atoms with E-state index in [1.807, 2.05) is 24.4 Å². The second-order valence-electron chi connectivity index (χ2n) is 13.3. The van der Waals surface area contributed by atoms with Crippen molar-refractivity contribution in [2.24, 2.45) is 0 Å². The molecule has 0 spiro atoms. The molecule has 240 valence electrons. The average Bonchev–Trinajstić information content (AvgIpc) is 3.19. The predicted octanol–water partition coefficient (Wildman–Crippen LogP) is 13.9. The van der Waals surface area contributed by atoms with E-state index in [1.54, 1.807) is 0 Å². The average molecular weight is 650 g/mol. The van der Waals surface area contributed by atoms with Crippen molar-refractivity contribution in [3.8, 4) is 22.3 Å². The molecule has 0 aliphatic rings. The fraction of sp³-hybridized carbons (Fsp3) is 0.0200. The van der Waals surface area contributed by atoms with Crippen molar-refractivity contribution >= 4 is 65.1 Å². The Morgan fingerprint density at radius 3 is 1.67 bits per heavy atom. The van der Waals surface area contributed by atoms with E-state index >= 15 is 0 Å². The largest absolute Gasteiger partial charge is 0.256 e. The molecule has 1 nitrogen and oxygen atoms in total. The molecule has 9 rings (SSSR count). The maximum Gasteiger partial charge on any atom is 0.0702 e. The van der Waals surface area contributed by atoms with Crippen molar-refractivity contribution in [2.75, 3.05) is 0 Å². The minimum atomic E-state index is 1.00. The molecule has 8 aromatic carbocycles. The SMILES string of the molecule is C=C/C(=C\C=C(/C)c1cnc2ccccc2c1)c1ccc2c(-c3ccc4ccccc4c3)c3ccccc3c(-c3ccc4ccccc4c3)c2c1. The van der Waals surface area contributed by atoms with E-state index < -0.39 is 0 Å². The van der Waals surface area contributed by atoms with E-state index in [1.165, 1.54) is 65.3 Å². The molecule has 0 amide bonds. The van der Waals surface area contributed by atoms with Gasteiger partial charge in [-0.25, -0.2) is 0 Å². The number of nitrogens with zero attached hydrogens (tertiary/aromatic N) is 1. The molecule has 1 heterocycles. The topological polar surface area (TPSA) is 12.9 Å². The maximum atomic E-state index is 4.69. The first-order chi connectivity index (χ1) is 25.1. The summed E-state index contributed by atoms with van der Waals surface area (Å²) in [6, 6.07) is 57.2. The highest BCUT2D eigenvalue weighted by Gasteiger charge is 2.18. The van der Waals surface area contributed by atoms with Crippen LogP contribution in [0.25, 0.3) is 87.4 Å². The van der Waals surface area contributed by atoms with Gasteiger partial charge in [-0.1, -0.05) is 152 Å². The number of allylic oxidation sites excluding steroid dienone is 5. The number of hydrogen-bond donors (Lipinski definition) is 0. The van der Waals surface area contributed by atoms with Gasteiger partial charge in [0.1, 0.15) is 0 Å². The van der Waals surface area contributed by atoms with Crippen molar-refractivity contribution in [3.05, 3.63) is 200 Å². The Balaban J connectivity index is 1.28. The molecule has 0 atom stereocenters. The lowest BCUT2D eigenvalue weighted by Crippen LogP contribution is -1.93. The number of rotatable bonds is 6. The molecule has 0 N–H and O–H groups in total. The van der Waals surface area contributed by atoms with Crippen LogP contribution in [-0.4, -0.2) is 4.98 Å². The molecule has 0 aliphatic carbocycles. The first-order valence-electron chi connectivity index (χ1n) is 17.5.